The van der Waals surface area contributed by atoms with Crippen LogP contribution >= 0.6 is 0 Å². The first-order valence-electron chi connectivity index (χ1n) is 4.68. The fourth-order valence-electron chi connectivity index (χ4n) is 2.10. The third-order valence-corrected chi connectivity index (χ3v) is 6.94. The summed E-state index contributed by atoms with van der Waals surface area (Å²) in [6, 6.07) is 0. The predicted molar refractivity (Wildman–Crippen MR) is 49.6 cm³/mol. The first-order chi connectivity index (χ1) is 5.47. The first kappa shape index (κ1) is 7.97. The van der Waals surface area contributed by atoms with Gasteiger partial charge < -0.3 is 0 Å². The Balaban J connectivity index is 1.93. The summed E-state index contributed by atoms with van der Waals surface area (Å²) < 4.78 is 4.36. The van der Waals surface area contributed by atoms with Crippen LogP contribution in [0.25, 0.3) is 0 Å². The minimum absolute atomic E-state index is 0.330. The molecule has 0 saturated heterocycles. The van der Waals surface area contributed by atoms with Crippen molar-refractivity contribution >= 4 is 22.9 Å². The normalized spacial score (nSPS) is 24.9. The topological polar surface area (TPSA) is 0 Å². The first-order valence-corrected chi connectivity index (χ1v) is 8.23. The van der Waals surface area contributed by atoms with Gasteiger partial charge in [-0.05, 0) is 0 Å². The number of hydrogen-bond acceptors (Lipinski definition) is 0. The number of hydrogen-bond donors (Lipinski definition) is 0. The summed E-state index contributed by atoms with van der Waals surface area (Å²) in [6.07, 6.45) is 12.2. The quantitative estimate of drug-likeness (QED) is 0.670. The Morgan fingerprint density at radius 1 is 1.18 bits per heavy atom. The number of rotatable bonds is 1. The molecule has 0 spiro atoms. The Morgan fingerprint density at radius 3 is 2.64 bits per heavy atom. The fraction of sp³-hybridized carbons (Fsp3) is 0.600. The van der Waals surface area contributed by atoms with Gasteiger partial charge >= 0.3 is 80.2 Å². The van der Waals surface area contributed by atoms with Crippen LogP contribution in [0.1, 0.15) is 32.1 Å². The van der Waals surface area contributed by atoms with E-state index in [4.69, 9.17) is 0 Å². The predicted octanol–water partition coefficient (Wildman–Crippen LogP) is 2.68. The monoisotopic (exact) mass is 249 g/mol. The van der Waals surface area contributed by atoms with Gasteiger partial charge in [0.15, 0.2) is 0 Å². The number of allylic oxidation sites excluding steroid dienone is 3. The van der Waals surface area contributed by atoms with E-state index in [1.165, 1.54) is 32.1 Å². The van der Waals surface area contributed by atoms with Crippen molar-refractivity contribution in [2.24, 2.45) is 5.92 Å². The van der Waals surface area contributed by atoms with E-state index < -0.39 is 0 Å². The third-order valence-electron chi connectivity index (χ3n) is 2.77. The average Bonchev–Trinajstić information content (AvgIpc) is 2.58. The molecule has 1 aliphatic carbocycles. The second kappa shape index (κ2) is 3.84. The average molecular weight is 249 g/mol. The van der Waals surface area contributed by atoms with Crippen LogP contribution in [0.2, 0.25) is 0 Å². The molecule has 0 unspecified atom stereocenters. The van der Waals surface area contributed by atoms with E-state index in [2.05, 4.69) is 16.0 Å². The van der Waals surface area contributed by atoms with Gasteiger partial charge in [-0.15, -0.1) is 0 Å². The van der Waals surface area contributed by atoms with Crippen molar-refractivity contribution in [2.75, 3.05) is 0 Å². The van der Waals surface area contributed by atoms with Crippen molar-refractivity contribution < 1.29 is 0 Å². The van der Waals surface area contributed by atoms with Gasteiger partial charge in [-0.2, -0.15) is 0 Å². The van der Waals surface area contributed by atoms with Gasteiger partial charge in [-0.25, -0.2) is 0 Å². The fourth-order valence-corrected chi connectivity index (χ4v) is 5.73. The van der Waals surface area contributed by atoms with Crippen molar-refractivity contribution in [3.8, 4) is 0 Å². The van der Waals surface area contributed by atoms with Gasteiger partial charge in [0, 0.05) is 0 Å². The van der Waals surface area contributed by atoms with E-state index in [1.807, 2.05) is 3.33 Å². The summed E-state index contributed by atoms with van der Waals surface area (Å²) in [6.45, 7) is 0. The molecule has 0 aromatic heterocycles. The molecular weight excluding hydrogens is 235 g/mol. The molecule has 1 saturated carbocycles. The molecule has 0 atom stereocenters. The zero-order chi connectivity index (χ0) is 7.52. The van der Waals surface area contributed by atoms with E-state index in [0.29, 0.717) is 0 Å². The Labute approximate surface area is 80.1 Å². The van der Waals surface area contributed by atoms with E-state index in [9.17, 15) is 0 Å². The Kier molecular flexibility index (Phi) is 2.78. The Morgan fingerprint density at radius 2 is 2.00 bits per heavy atom. The zero-order valence-corrected chi connectivity index (χ0v) is 10.2. The molecule has 2 aliphatic rings. The minimum atomic E-state index is -0.330. The van der Waals surface area contributed by atoms with Crippen LogP contribution in [0.3, 0.4) is 0 Å². The van der Waals surface area contributed by atoms with Crippen LogP contribution in [-0.4, -0.2) is 22.9 Å². The zero-order valence-electron chi connectivity index (χ0n) is 6.92. The molecule has 1 fully saturated rings. The van der Waals surface area contributed by atoms with E-state index in [-0.39, 0.29) is 22.9 Å². The van der Waals surface area contributed by atoms with Crippen molar-refractivity contribution in [3.05, 3.63) is 19.3 Å². The molecule has 1 heterocycles. The summed E-state index contributed by atoms with van der Waals surface area (Å²) >= 11 is -0.330. The van der Waals surface area contributed by atoms with Gasteiger partial charge in [0.25, 0.3) is 0 Å². The molecule has 0 aromatic carbocycles. The van der Waals surface area contributed by atoms with Crippen LogP contribution in [0.15, 0.2) is 19.3 Å². The maximum absolute atomic E-state index is 2.47. The Bertz CT molecular complexity index is 185. The SMILES string of the molecule is C1=[CH][In][C](C2CCCCC2)=C1. The third kappa shape index (κ3) is 1.93. The summed E-state index contributed by atoms with van der Waals surface area (Å²) in [5.74, 6) is 1.03. The van der Waals surface area contributed by atoms with Crippen LogP contribution in [0, 0.1) is 5.92 Å². The molecule has 0 nitrogen and oxygen atoms in total. The molecule has 57 valence electrons. The molecular formula is C10H14In. The summed E-state index contributed by atoms with van der Waals surface area (Å²) in [5.41, 5.74) is 0. The van der Waals surface area contributed by atoms with Gasteiger partial charge in [0.05, 0.1) is 0 Å². The van der Waals surface area contributed by atoms with Gasteiger partial charge in [-0.1, -0.05) is 0 Å². The van der Waals surface area contributed by atoms with Crippen LogP contribution in [-0.2, 0) is 0 Å². The molecule has 0 bridgehead atoms. The van der Waals surface area contributed by atoms with Crippen LogP contribution < -0.4 is 0 Å². The molecule has 1 aliphatic heterocycles. The van der Waals surface area contributed by atoms with Crippen molar-refractivity contribution in [1.82, 2.24) is 0 Å². The summed E-state index contributed by atoms with van der Waals surface area (Å²) in [4.78, 5) is 0. The molecule has 0 N–H and O–H groups in total. The van der Waals surface area contributed by atoms with E-state index in [0.717, 1.165) is 5.92 Å². The maximum atomic E-state index is 2.47. The van der Waals surface area contributed by atoms with Gasteiger partial charge in [0.2, 0.25) is 0 Å². The van der Waals surface area contributed by atoms with E-state index in [1.54, 1.807) is 0 Å². The van der Waals surface area contributed by atoms with E-state index >= 15 is 0 Å². The molecule has 2 rings (SSSR count). The standard InChI is InChI=1S/C10H14.In/c1-2-3-7-10-8-5-4-6-9-10;/h1-3,10H,4-6,8-9H2;. The molecule has 0 amide bonds. The van der Waals surface area contributed by atoms with Crippen molar-refractivity contribution in [3.63, 3.8) is 0 Å². The van der Waals surface area contributed by atoms with Crippen LogP contribution in [0.5, 0.6) is 0 Å². The molecule has 11 heavy (non-hydrogen) atoms. The second-order valence-corrected chi connectivity index (χ2v) is 7.51. The Hall–Kier alpha value is 0.350. The molecule has 1 heteroatoms. The van der Waals surface area contributed by atoms with Gasteiger partial charge in [-0.3, -0.25) is 0 Å². The molecule has 0 aromatic rings. The van der Waals surface area contributed by atoms with Crippen LogP contribution in [0.4, 0.5) is 0 Å². The molecule has 1 radical (unpaired) electrons. The van der Waals surface area contributed by atoms with Crippen molar-refractivity contribution in [2.45, 2.75) is 32.1 Å². The summed E-state index contributed by atoms with van der Waals surface area (Å²) in [7, 11) is 0. The van der Waals surface area contributed by atoms with Crippen molar-refractivity contribution in [1.29, 1.82) is 0 Å². The second-order valence-electron chi connectivity index (χ2n) is 3.55. The summed E-state index contributed by atoms with van der Waals surface area (Å²) in [5, 5.41) is 0. The van der Waals surface area contributed by atoms with Gasteiger partial charge in [0.1, 0.15) is 0 Å².